The maximum atomic E-state index is 6.62. The van der Waals surface area contributed by atoms with Gasteiger partial charge in [-0.2, -0.15) is 0 Å². The van der Waals surface area contributed by atoms with Crippen molar-refractivity contribution in [2.24, 2.45) is 11.5 Å². The highest BCUT2D eigenvalue weighted by atomic mass is 28.4. The lowest BCUT2D eigenvalue weighted by molar-refractivity contribution is 0.116. The Labute approximate surface area is 262 Å². The van der Waals surface area contributed by atoms with Gasteiger partial charge in [0.15, 0.2) is 33.3 Å². The summed E-state index contributed by atoms with van der Waals surface area (Å²) in [5.74, 6) is 0. The fraction of sp³-hybridized carbons (Fsp3) is 1.00. The zero-order valence-electron chi connectivity index (χ0n) is 28.5. The van der Waals surface area contributed by atoms with Crippen LogP contribution >= 0.6 is 0 Å². The number of hydrogen-bond acceptors (Lipinski definition) is 10. The molecular formula is C28H68N4O6Si4. The smallest absolute Gasteiger partial charge is 0.174 e. The van der Waals surface area contributed by atoms with Gasteiger partial charge < -0.3 is 49.3 Å². The molecule has 2 heterocycles. The lowest BCUT2D eigenvalue weighted by Gasteiger charge is -2.34. The summed E-state index contributed by atoms with van der Waals surface area (Å²) in [6, 6.07) is 4.65. The van der Waals surface area contributed by atoms with Crippen molar-refractivity contribution in [1.29, 1.82) is 0 Å². The zero-order valence-corrected chi connectivity index (χ0v) is 32.5. The highest BCUT2D eigenvalue weighted by Crippen LogP contribution is 2.24. The van der Waals surface area contributed by atoms with Gasteiger partial charge in [0.2, 0.25) is 0 Å². The predicted molar refractivity (Wildman–Crippen MR) is 186 cm³/mol. The SMILES string of the molecule is C[Si](C)(CCCOCC1CO1)O[Si](C)(C)CCCOCC1CO1.C[Si](C)(CCNCCN)O[Si](C)(C)CCNCCN. The molecule has 2 unspecified atom stereocenters. The second kappa shape index (κ2) is 21.3. The Morgan fingerprint density at radius 1 is 0.571 bits per heavy atom. The van der Waals surface area contributed by atoms with E-state index in [1.165, 1.54) is 12.1 Å². The van der Waals surface area contributed by atoms with Gasteiger partial charge >= 0.3 is 0 Å². The third kappa shape index (κ3) is 24.7. The van der Waals surface area contributed by atoms with Gasteiger partial charge in [0.05, 0.1) is 26.4 Å². The zero-order chi connectivity index (χ0) is 31.5. The van der Waals surface area contributed by atoms with Gasteiger partial charge in [-0.1, -0.05) is 0 Å². The summed E-state index contributed by atoms with van der Waals surface area (Å²) in [4.78, 5) is 0. The Balaban J connectivity index is 0.000000430. The molecule has 0 spiro atoms. The van der Waals surface area contributed by atoms with Crippen LogP contribution in [0.15, 0.2) is 0 Å². The number of ether oxygens (including phenoxy) is 4. The predicted octanol–water partition coefficient (Wildman–Crippen LogP) is 3.53. The minimum absolute atomic E-state index is 0.372. The molecule has 252 valence electrons. The van der Waals surface area contributed by atoms with Gasteiger partial charge in [-0.3, -0.25) is 0 Å². The average molecular weight is 669 g/mol. The third-order valence-electron chi connectivity index (χ3n) is 7.10. The van der Waals surface area contributed by atoms with Crippen molar-refractivity contribution >= 4 is 33.3 Å². The van der Waals surface area contributed by atoms with Gasteiger partial charge in [-0.25, -0.2) is 0 Å². The van der Waals surface area contributed by atoms with Crippen LogP contribution in [-0.4, -0.2) is 124 Å². The van der Waals surface area contributed by atoms with E-state index in [1.54, 1.807) is 0 Å². The van der Waals surface area contributed by atoms with Gasteiger partial charge in [0.25, 0.3) is 0 Å². The van der Waals surface area contributed by atoms with Crippen LogP contribution in [0.1, 0.15) is 12.8 Å². The molecule has 0 aromatic heterocycles. The molecule has 2 aliphatic heterocycles. The number of epoxide rings is 2. The second-order valence-electron chi connectivity index (χ2n) is 14.1. The van der Waals surface area contributed by atoms with E-state index >= 15 is 0 Å². The third-order valence-corrected chi connectivity index (χ3v) is 22.0. The first-order valence-corrected chi connectivity index (χ1v) is 28.8. The highest BCUT2D eigenvalue weighted by Gasteiger charge is 2.33. The number of nitrogens with one attached hydrogen (secondary N) is 2. The molecule has 6 N–H and O–H groups in total. The summed E-state index contributed by atoms with van der Waals surface area (Å²) in [5, 5.41) is 6.71. The lowest BCUT2D eigenvalue weighted by atomic mass is 10.5. The maximum Gasteiger partial charge on any atom is 0.174 e. The van der Waals surface area contributed by atoms with E-state index in [4.69, 9.17) is 38.6 Å². The minimum atomic E-state index is -1.59. The molecule has 2 aliphatic rings. The van der Waals surface area contributed by atoms with E-state index in [9.17, 15) is 0 Å². The van der Waals surface area contributed by atoms with Crippen molar-refractivity contribution < 1.29 is 27.2 Å². The Bertz CT molecular complexity index is 633. The average Bonchev–Trinajstić information content (AvgIpc) is 3.79. The maximum absolute atomic E-state index is 6.62. The van der Waals surface area contributed by atoms with Crippen LogP contribution in [0, 0.1) is 0 Å². The first-order chi connectivity index (χ1) is 19.7. The van der Waals surface area contributed by atoms with Crippen LogP contribution in [0.3, 0.4) is 0 Å². The molecule has 0 amide bonds. The Hall–Kier alpha value is 0.468. The molecular weight excluding hydrogens is 601 g/mol. The topological polar surface area (TPSA) is 138 Å². The quantitative estimate of drug-likeness (QED) is 0.0615. The van der Waals surface area contributed by atoms with Crippen LogP contribution in [0.25, 0.3) is 0 Å². The molecule has 0 radical (unpaired) electrons. The summed E-state index contributed by atoms with van der Waals surface area (Å²) in [5.41, 5.74) is 10.9. The lowest BCUT2D eigenvalue weighted by Crippen LogP contribution is -2.47. The van der Waals surface area contributed by atoms with E-state index in [0.29, 0.717) is 25.3 Å². The van der Waals surface area contributed by atoms with E-state index in [0.717, 1.165) is 90.8 Å². The Kier molecular flexibility index (Phi) is 20.5. The molecule has 14 heteroatoms. The molecule has 42 heavy (non-hydrogen) atoms. The second-order valence-corrected chi connectivity index (χ2v) is 31.8. The van der Waals surface area contributed by atoms with Crippen molar-refractivity contribution in [3.05, 3.63) is 0 Å². The molecule has 0 bridgehead atoms. The number of nitrogens with two attached hydrogens (primary N) is 2. The van der Waals surface area contributed by atoms with Crippen LogP contribution in [0.4, 0.5) is 0 Å². The van der Waals surface area contributed by atoms with Gasteiger partial charge in [-0.15, -0.1) is 0 Å². The highest BCUT2D eigenvalue weighted by molar-refractivity contribution is 6.85. The van der Waals surface area contributed by atoms with Gasteiger partial charge in [0.1, 0.15) is 12.2 Å². The van der Waals surface area contributed by atoms with Crippen LogP contribution in [-0.2, 0) is 27.2 Å². The monoisotopic (exact) mass is 668 g/mol. The fourth-order valence-electron chi connectivity index (χ4n) is 4.89. The van der Waals surface area contributed by atoms with Crippen molar-refractivity contribution in [1.82, 2.24) is 10.6 Å². The molecule has 0 saturated carbocycles. The summed E-state index contributed by atoms with van der Waals surface area (Å²) < 4.78 is 34.7. The van der Waals surface area contributed by atoms with Crippen LogP contribution in [0.2, 0.25) is 76.6 Å². The largest absolute Gasteiger partial charge is 0.455 e. The summed E-state index contributed by atoms with van der Waals surface area (Å²) in [7, 11) is -6.28. The van der Waals surface area contributed by atoms with E-state index < -0.39 is 33.3 Å². The molecule has 0 aromatic rings. The molecule has 0 aromatic carbocycles. The van der Waals surface area contributed by atoms with Crippen molar-refractivity contribution in [3.63, 3.8) is 0 Å². The normalized spacial score (nSPS) is 19.0. The van der Waals surface area contributed by atoms with Crippen LogP contribution < -0.4 is 22.1 Å². The van der Waals surface area contributed by atoms with Crippen molar-refractivity contribution in [2.75, 3.05) is 78.9 Å². The summed E-state index contributed by atoms with van der Waals surface area (Å²) >= 11 is 0. The van der Waals surface area contributed by atoms with Crippen molar-refractivity contribution in [2.45, 2.75) is 102 Å². The first kappa shape index (κ1) is 40.5. The molecule has 2 atom stereocenters. The molecule has 10 nitrogen and oxygen atoms in total. The number of rotatable bonds is 26. The first-order valence-electron chi connectivity index (χ1n) is 16.3. The summed E-state index contributed by atoms with van der Waals surface area (Å²) in [6.07, 6.45) is 2.94. The van der Waals surface area contributed by atoms with Crippen molar-refractivity contribution in [3.8, 4) is 0 Å². The van der Waals surface area contributed by atoms with E-state index in [-0.39, 0.29) is 0 Å². The Morgan fingerprint density at radius 2 is 0.905 bits per heavy atom. The molecule has 2 saturated heterocycles. The van der Waals surface area contributed by atoms with E-state index in [2.05, 4.69) is 63.0 Å². The fourth-order valence-corrected chi connectivity index (χ4v) is 22.0. The standard InChI is InChI=1S/C16H34O5Si2.C12H34N4OSi2/c1-22(2,9-5-7-17-11-15-13-19-15)21-23(3,4)10-6-8-18-12-16-14-20-16;1-18(2,11-9-15-7-5-13)17-19(3,4)12-10-16-8-6-14/h15-16H,5-14H2,1-4H3;15-16H,5-14H2,1-4H3. The number of hydrogen-bond donors (Lipinski definition) is 4. The van der Waals surface area contributed by atoms with Crippen LogP contribution in [0.5, 0.6) is 0 Å². The summed E-state index contributed by atoms with van der Waals surface area (Å²) in [6.45, 7) is 28.8. The minimum Gasteiger partial charge on any atom is -0.455 e. The van der Waals surface area contributed by atoms with E-state index in [1.807, 2.05) is 0 Å². The Morgan fingerprint density at radius 3 is 1.21 bits per heavy atom. The molecule has 0 aliphatic carbocycles. The molecule has 2 rings (SSSR count). The molecule has 2 fully saturated rings. The van der Waals surface area contributed by atoms with Gasteiger partial charge in [0, 0.05) is 39.4 Å². The van der Waals surface area contributed by atoms with Gasteiger partial charge in [-0.05, 0) is 102 Å².